The highest BCUT2D eigenvalue weighted by atomic mass is 32.1. The molecule has 4 aromatic rings. The third-order valence-electron chi connectivity index (χ3n) is 7.68. The Morgan fingerprint density at radius 2 is 1.97 bits per heavy atom. The zero-order valence-corrected chi connectivity index (χ0v) is 22.4. The number of rotatable bonds is 8. The van der Waals surface area contributed by atoms with Crippen molar-refractivity contribution in [2.45, 2.75) is 45.3 Å². The van der Waals surface area contributed by atoms with E-state index >= 15 is 0 Å². The van der Waals surface area contributed by atoms with Gasteiger partial charge >= 0.3 is 6.67 Å². The van der Waals surface area contributed by atoms with E-state index in [1.165, 1.54) is 43.2 Å². The molecule has 3 fully saturated rings. The van der Waals surface area contributed by atoms with Crippen LogP contribution in [-0.2, 0) is 6.67 Å². The van der Waals surface area contributed by atoms with Gasteiger partial charge in [0.05, 0.1) is 39.8 Å². The Morgan fingerprint density at radius 3 is 2.74 bits per heavy atom. The van der Waals surface area contributed by atoms with Gasteiger partial charge < -0.3 is 10.6 Å². The summed E-state index contributed by atoms with van der Waals surface area (Å²) >= 11 is 1.42. The smallest absolute Gasteiger partial charge is 0.307 e. The van der Waals surface area contributed by atoms with Gasteiger partial charge in [-0.25, -0.2) is 15.8 Å². The summed E-state index contributed by atoms with van der Waals surface area (Å²) in [7, 11) is 0. The lowest BCUT2D eigenvalue weighted by Crippen LogP contribution is -2.50. The first kappa shape index (κ1) is 25.2. The van der Waals surface area contributed by atoms with Crippen LogP contribution in [0.25, 0.3) is 20.1 Å². The highest BCUT2D eigenvalue weighted by molar-refractivity contribution is 7.21. The number of amides is 2. The fraction of sp³-hybridized carbons (Fsp3) is 0.407. The number of pyridine rings is 1. The lowest BCUT2D eigenvalue weighted by molar-refractivity contribution is 0.0494. The highest BCUT2D eigenvalue weighted by Gasteiger charge is 2.33. The molecule has 1 saturated carbocycles. The van der Waals surface area contributed by atoms with Gasteiger partial charge in [-0.3, -0.25) is 24.3 Å². The number of thiazole rings is 1. The molecular weight excluding hydrogens is 514 g/mol. The summed E-state index contributed by atoms with van der Waals surface area (Å²) in [4.78, 5) is 37.9. The molecule has 11 nitrogen and oxygen atoms in total. The van der Waals surface area contributed by atoms with Crippen LogP contribution in [0.3, 0.4) is 0 Å². The molecule has 2 aliphatic heterocycles. The molecule has 2 N–H and O–H groups in total. The zero-order chi connectivity index (χ0) is 26.9. The molecule has 39 heavy (non-hydrogen) atoms. The Bertz CT molecular complexity index is 1570. The average Bonchev–Trinajstić information content (AvgIpc) is 3.67. The molecule has 6 heterocycles. The maximum absolute atomic E-state index is 13.2. The third kappa shape index (κ3) is 5.15. The number of aromatic nitrogens is 5. The summed E-state index contributed by atoms with van der Waals surface area (Å²) in [5.41, 5.74) is 2.78. The van der Waals surface area contributed by atoms with Crippen LogP contribution in [0.1, 0.15) is 52.1 Å². The third-order valence-corrected chi connectivity index (χ3v) is 8.84. The molecule has 2 amide bonds. The summed E-state index contributed by atoms with van der Waals surface area (Å²) in [6.07, 6.45) is 13.6. The van der Waals surface area contributed by atoms with Crippen LogP contribution in [0.2, 0.25) is 0 Å². The van der Waals surface area contributed by atoms with Crippen molar-refractivity contribution in [1.82, 2.24) is 34.6 Å². The van der Waals surface area contributed by atoms with Crippen LogP contribution >= 0.6 is 11.3 Å². The summed E-state index contributed by atoms with van der Waals surface area (Å²) in [5, 5.41) is 14.5. The molecule has 0 spiro atoms. The number of carbonyl (C=O) groups is 2. The second kappa shape index (κ2) is 10.6. The maximum atomic E-state index is 13.2. The van der Waals surface area contributed by atoms with Crippen molar-refractivity contribution < 1.29 is 9.59 Å². The van der Waals surface area contributed by atoms with Crippen molar-refractivity contribution in [2.24, 2.45) is 5.92 Å². The van der Waals surface area contributed by atoms with Crippen LogP contribution < -0.4 is 10.6 Å². The number of nitrogens with zero attached hydrogens (tertiary/aromatic N) is 7. The second-order valence-corrected chi connectivity index (χ2v) is 11.2. The Kier molecular flexibility index (Phi) is 6.85. The predicted octanol–water partition coefficient (Wildman–Crippen LogP) is 3.70. The normalized spacial score (nSPS) is 18.8. The lowest BCUT2D eigenvalue weighted by atomic mass is 9.80. The predicted molar refractivity (Wildman–Crippen MR) is 147 cm³/mol. The molecule has 12 heteroatoms. The molecule has 4 aromatic heterocycles. The number of piperidine rings is 2. The number of nitrogens with one attached hydrogen (secondary N) is 2. The van der Waals surface area contributed by atoms with E-state index in [1.807, 2.05) is 6.20 Å². The fourth-order valence-corrected chi connectivity index (χ4v) is 6.58. The van der Waals surface area contributed by atoms with Crippen molar-refractivity contribution in [3.05, 3.63) is 65.3 Å². The Morgan fingerprint density at radius 1 is 1.13 bits per heavy atom. The number of hydrogen-bond donors (Lipinski definition) is 2. The molecule has 0 atom stereocenters. The molecule has 7 rings (SSSR count). The highest BCUT2D eigenvalue weighted by Crippen LogP contribution is 2.34. The first-order valence-corrected chi connectivity index (χ1v) is 13.9. The van der Waals surface area contributed by atoms with Crippen LogP contribution in [-0.4, -0.2) is 66.8 Å². The van der Waals surface area contributed by atoms with Gasteiger partial charge in [0.2, 0.25) is 0 Å². The number of carbonyl (C=O) groups excluding carboxylic acids is 2. The molecule has 2 saturated heterocycles. The van der Waals surface area contributed by atoms with Crippen LogP contribution in [0.4, 0.5) is 5.69 Å². The SMILES string of the molecule is [C-]#[N+]Cn1cc(-c2cn3ncc(C(=O)Nc4cc(C(=O)NCCN5CC6CCC5CC6)cnc4C)c3s2)cn1. The van der Waals surface area contributed by atoms with E-state index in [-0.39, 0.29) is 18.5 Å². The van der Waals surface area contributed by atoms with Crippen molar-refractivity contribution in [3.8, 4) is 10.4 Å². The minimum absolute atomic E-state index is 0.153. The Labute approximate surface area is 229 Å². The minimum atomic E-state index is -0.329. The molecule has 3 aliphatic rings. The van der Waals surface area contributed by atoms with E-state index < -0.39 is 0 Å². The Hall–Kier alpha value is -4.08. The minimum Gasteiger partial charge on any atom is -0.351 e. The summed E-state index contributed by atoms with van der Waals surface area (Å²) in [6, 6.07) is 2.33. The van der Waals surface area contributed by atoms with E-state index in [0.717, 1.165) is 29.4 Å². The number of anilines is 1. The fourth-order valence-electron chi connectivity index (χ4n) is 5.55. The molecule has 1 aliphatic carbocycles. The number of hydrogen-bond acceptors (Lipinski definition) is 7. The van der Waals surface area contributed by atoms with E-state index in [0.29, 0.717) is 39.9 Å². The first-order valence-electron chi connectivity index (χ1n) is 13.1. The standard InChI is InChI=1S/C27H29N9O2S/c1-17-23(9-19(10-30-17)25(37)29-7-8-34-13-18-3-5-21(34)6-4-18)33-26(38)22-12-32-36-15-24(39-27(22)36)20-11-31-35(14-20)16-28-2/h9-12,14-15,18,21H,3-8,13,16H2,1H3,(H,29,37)(H,33,38). The Balaban J connectivity index is 1.11. The average molecular weight is 544 g/mol. The van der Waals surface area contributed by atoms with Gasteiger partial charge in [0.25, 0.3) is 11.8 Å². The van der Waals surface area contributed by atoms with Crippen molar-refractivity contribution in [1.29, 1.82) is 0 Å². The summed E-state index contributed by atoms with van der Waals surface area (Å²) < 4.78 is 3.22. The summed E-state index contributed by atoms with van der Waals surface area (Å²) in [5.74, 6) is 0.282. The van der Waals surface area contributed by atoms with E-state index in [9.17, 15) is 9.59 Å². The first-order chi connectivity index (χ1) is 19.0. The molecule has 0 aromatic carbocycles. The maximum Gasteiger partial charge on any atom is 0.307 e. The lowest BCUT2D eigenvalue weighted by Gasteiger charge is -2.45. The molecule has 2 bridgehead atoms. The van der Waals surface area contributed by atoms with Crippen LogP contribution in [0.5, 0.6) is 0 Å². The second-order valence-electron chi connectivity index (χ2n) is 10.2. The van der Waals surface area contributed by atoms with Gasteiger partial charge in [-0.2, -0.15) is 10.2 Å². The van der Waals surface area contributed by atoms with E-state index in [4.69, 9.17) is 6.57 Å². The monoisotopic (exact) mass is 543 g/mol. The van der Waals surface area contributed by atoms with Crippen LogP contribution in [0, 0.1) is 19.4 Å². The molecular formula is C27H29N9O2S. The van der Waals surface area contributed by atoms with E-state index in [1.54, 1.807) is 40.8 Å². The van der Waals surface area contributed by atoms with Gasteiger partial charge in [0.15, 0.2) is 0 Å². The van der Waals surface area contributed by atoms with Gasteiger partial charge in [0, 0.05) is 49.8 Å². The zero-order valence-electron chi connectivity index (χ0n) is 21.6. The van der Waals surface area contributed by atoms with Gasteiger partial charge in [-0.05, 0) is 44.6 Å². The number of aryl methyl sites for hydroxylation is 1. The van der Waals surface area contributed by atoms with Crippen molar-refractivity contribution in [2.75, 3.05) is 25.0 Å². The number of fused-ring (bicyclic) bond motifs is 4. The topological polar surface area (TPSA) is 114 Å². The summed E-state index contributed by atoms with van der Waals surface area (Å²) in [6.45, 7) is 11.5. The molecule has 0 radical (unpaired) electrons. The largest absolute Gasteiger partial charge is 0.351 e. The molecule has 0 unspecified atom stereocenters. The van der Waals surface area contributed by atoms with Crippen molar-refractivity contribution >= 4 is 33.7 Å². The quantitative estimate of drug-likeness (QED) is 0.328. The van der Waals surface area contributed by atoms with E-state index in [2.05, 4.69) is 35.6 Å². The van der Waals surface area contributed by atoms with Gasteiger partial charge in [0.1, 0.15) is 4.83 Å². The van der Waals surface area contributed by atoms with Crippen LogP contribution in [0.15, 0.2) is 37.1 Å². The van der Waals surface area contributed by atoms with Gasteiger partial charge in [-0.15, -0.1) is 11.3 Å². The molecule has 200 valence electrons. The van der Waals surface area contributed by atoms with Gasteiger partial charge in [-0.1, -0.05) is 0 Å². The van der Waals surface area contributed by atoms with Crippen molar-refractivity contribution in [3.63, 3.8) is 0 Å².